The first-order chi connectivity index (χ1) is 9.26. The van der Waals surface area contributed by atoms with E-state index < -0.39 is 0 Å². The predicted octanol–water partition coefficient (Wildman–Crippen LogP) is 1.29. The Labute approximate surface area is 126 Å². The minimum Gasteiger partial charge on any atom is -0.497 e. The van der Waals surface area contributed by atoms with Crippen LogP contribution in [0.25, 0.3) is 0 Å². The van der Waals surface area contributed by atoms with Crippen LogP contribution in [0.4, 0.5) is 0 Å². The van der Waals surface area contributed by atoms with Gasteiger partial charge in [-0.3, -0.25) is 4.90 Å². The molecule has 0 amide bonds. The molecule has 5 nitrogen and oxygen atoms in total. The van der Waals surface area contributed by atoms with Crippen LogP contribution in [-0.4, -0.2) is 51.5 Å². The van der Waals surface area contributed by atoms with Crippen LogP contribution in [0.2, 0.25) is 0 Å². The Morgan fingerprint density at radius 3 is 2.80 bits per heavy atom. The Balaban J connectivity index is 0.00000200. The highest BCUT2D eigenvalue weighted by Gasteiger charge is 2.20. The molecule has 0 bridgehead atoms. The molecule has 114 valence electrons. The lowest BCUT2D eigenvalue weighted by atomic mass is 10.1. The minimum atomic E-state index is 0. The van der Waals surface area contributed by atoms with Crippen molar-refractivity contribution in [3.63, 3.8) is 0 Å². The summed E-state index contributed by atoms with van der Waals surface area (Å²) in [7, 11) is 3.34. The Hall–Kier alpha value is -1.01. The summed E-state index contributed by atoms with van der Waals surface area (Å²) >= 11 is 0. The van der Waals surface area contributed by atoms with Crippen LogP contribution in [0, 0.1) is 0 Å². The van der Waals surface area contributed by atoms with Gasteiger partial charge in [0.1, 0.15) is 11.5 Å². The van der Waals surface area contributed by atoms with E-state index in [9.17, 15) is 0 Å². The average molecular weight is 303 g/mol. The molecule has 1 aliphatic heterocycles. The highest BCUT2D eigenvalue weighted by atomic mass is 35.5. The molecule has 1 saturated heterocycles. The first-order valence-corrected chi connectivity index (χ1v) is 6.51. The molecule has 2 rings (SSSR count). The van der Waals surface area contributed by atoms with Gasteiger partial charge in [-0.1, -0.05) is 6.07 Å². The van der Waals surface area contributed by atoms with Crippen molar-refractivity contribution >= 4 is 12.4 Å². The fraction of sp³-hybridized carbons (Fsp3) is 0.571. The predicted molar refractivity (Wildman–Crippen MR) is 80.9 cm³/mol. The number of methoxy groups -OCH3 is 2. The maximum Gasteiger partial charge on any atom is 0.127 e. The zero-order chi connectivity index (χ0) is 13.7. The summed E-state index contributed by atoms with van der Waals surface area (Å²) in [6.45, 7) is 3.93. The van der Waals surface area contributed by atoms with E-state index in [-0.39, 0.29) is 18.5 Å². The van der Waals surface area contributed by atoms with Crippen molar-refractivity contribution in [1.29, 1.82) is 0 Å². The van der Waals surface area contributed by atoms with E-state index in [0.29, 0.717) is 6.54 Å². The molecule has 1 fully saturated rings. The van der Waals surface area contributed by atoms with E-state index >= 15 is 0 Å². The number of nitrogens with zero attached hydrogens (tertiary/aromatic N) is 1. The second-order valence-corrected chi connectivity index (χ2v) is 4.64. The van der Waals surface area contributed by atoms with Gasteiger partial charge in [-0.2, -0.15) is 0 Å². The monoisotopic (exact) mass is 302 g/mol. The summed E-state index contributed by atoms with van der Waals surface area (Å²) in [6.07, 6.45) is 0.137. The number of halogens is 1. The van der Waals surface area contributed by atoms with Crippen LogP contribution in [-0.2, 0) is 11.3 Å². The standard InChI is InChI=1S/C14H22N2O3.ClH/c1-17-12-4-3-11(14(7-12)18-2)9-16-5-6-19-13(8-15)10-16;/h3-4,7,13H,5-6,8-10,15H2,1-2H3;1H. The summed E-state index contributed by atoms with van der Waals surface area (Å²) in [5, 5.41) is 0. The molecule has 1 atom stereocenters. The summed E-state index contributed by atoms with van der Waals surface area (Å²) in [6, 6.07) is 5.92. The minimum absolute atomic E-state index is 0. The summed E-state index contributed by atoms with van der Waals surface area (Å²) in [5.74, 6) is 1.66. The molecule has 1 aromatic carbocycles. The zero-order valence-corrected chi connectivity index (χ0v) is 12.8. The van der Waals surface area contributed by atoms with E-state index in [0.717, 1.165) is 43.3 Å². The molecule has 6 heteroatoms. The molecule has 1 unspecified atom stereocenters. The van der Waals surface area contributed by atoms with Crippen molar-refractivity contribution in [2.24, 2.45) is 5.73 Å². The Morgan fingerprint density at radius 1 is 1.35 bits per heavy atom. The van der Waals surface area contributed by atoms with Crippen LogP contribution in [0.5, 0.6) is 11.5 Å². The highest BCUT2D eigenvalue weighted by Crippen LogP contribution is 2.26. The highest BCUT2D eigenvalue weighted by molar-refractivity contribution is 5.85. The van der Waals surface area contributed by atoms with E-state index in [1.807, 2.05) is 18.2 Å². The van der Waals surface area contributed by atoms with Crippen molar-refractivity contribution in [2.75, 3.05) is 40.5 Å². The van der Waals surface area contributed by atoms with Crippen molar-refractivity contribution < 1.29 is 14.2 Å². The summed E-state index contributed by atoms with van der Waals surface area (Å²) in [5.41, 5.74) is 6.81. The fourth-order valence-electron chi connectivity index (χ4n) is 2.29. The van der Waals surface area contributed by atoms with Crippen molar-refractivity contribution in [2.45, 2.75) is 12.6 Å². The Bertz CT molecular complexity index is 417. The first-order valence-electron chi connectivity index (χ1n) is 6.51. The third-order valence-corrected chi connectivity index (χ3v) is 3.37. The van der Waals surface area contributed by atoms with Crippen molar-refractivity contribution in [1.82, 2.24) is 4.90 Å². The molecule has 20 heavy (non-hydrogen) atoms. The van der Waals surface area contributed by atoms with Gasteiger partial charge < -0.3 is 19.9 Å². The largest absolute Gasteiger partial charge is 0.497 e. The lowest BCUT2D eigenvalue weighted by molar-refractivity contribution is -0.0262. The molecule has 1 heterocycles. The topological polar surface area (TPSA) is 57.0 Å². The number of rotatable bonds is 5. The number of hydrogen-bond donors (Lipinski definition) is 1. The second-order valence-electron chi connectivity index (χ2n) is 4.64. The molecular formula is C14H23ClN2O3. The molecular weight excluding hydrogens is 280 g/mol. The van der Waals surface area contributed by atoms with E-state index in [1.165, 1.54) is 0 Å². The Morgan fingerprint density at radius 2 is 2.15 bits per heavy atom. The average Bonchev–Trinajstić information content (AvgIpc) is 2.48. The van der Waals surface area contributed by atoms with Crippen LogP contribution in [0.1, 0.15) is 5.56 Å². The fourth-order valence-corrected chi connectivity index (χ4v) is 2.29. The van der Waals surface area contributed by atoms with Gasteiger partial charge in [0.05, 0.1) is 26.9 Å². The van der Waals surface area contributed by atoms with Crippen molar-refractivity contribution in [3.8, 4) is 11.5 Å². The lowest BCUT2D eigenvalue weighted by Crippen LogP contribution is -2.45. The van der Waals surface area contributed by atoms with E-state index in [1.54, 1.807) is 14.2 Å². The van der Waals surface area contributed by atoms with Gasteiger partial charge in [0, 0.05) is 37.8 Å². The molecule has 0 aromatic heterocycles. The third-order valence-electron chi connectivity index (χ3n) is 3.37. The van der Waals surface area contributed by atoms with Gasteiger partial charge in [0.25, 0.3) is 0 Å². The van der Waals surface area contributed by atoms with Gasteiger partial charge in [0.2, 0.25) is 0 Å². The van der Waals surface area contributed by atoms with E-state index in [2.05, 4.69) is 4.90 Å². The Kier molecular flexibility index (Phi) is 7.09. The van der Waals surface area contributed by atoms with E-state index in [4.69, 9.17) is 19.9 Å². The normalized spacial score (nSPS) is 19.2. The van der Waals surface area contributed by atoms with Gasteiger partial charge in [0.15, 0.2) is 0 Å². The van der Waals surface area contributed by atoms with Crippen LogP contribution >= 0.6 is 12.4 Å². The third kappa shape index (κ3) is 4.24. The number of nitrogens with two attached hydrogens (primary N) is 1. The lowest BCUT2D eigenvalue weighted by Gasteiger charge is -2.32. The van der Waals surface area contributed by atoms with Gasteiger partial charge in [-0.25, -0.2) is 0 Å². The maximum atomic E-state index is 5.66. The molecule has 0 saturated carbocycles. The van der Waals surface area contributed by atoms with Gasteiger partial charge >= 0.3 is 0 Å². The summed E-state index contributed by atoms with van der Waals surface area (Å²) in [4.78, 5) is 2.34. The number of hydrogen-bond acceptors (Lipinski definition) is 5. The molecule has 1 aliphatic rings. The number of ether oxygens (including phenoxy) is 3. The second kappa shape index (κ2) is 8.32. The number of benzene rings is 1. The van der Waals surface area contributed by atoms with Gasteiger partial charge in [-0.05, 0) is 6.07 Å². The first kappa shape index (κ1) is 17.0. The molecule has 2 N–H and O–H groups in total. The van der Waals surface area contributed by atoms with Gasteiger partial charge in [-0.15, -0.1) is 12.4 Å². The van der Waals surface area contributed by atoms with Crippen LogP contribution in [0.3, 0.4) is 0 Å². The summed E-state index contributed by atoms with van der Waals surface area (Å²) < 4.78 is 16.2. The van der Waals surface area contributed by atoms with Crippen LogP contribution < -0.4 is 15.2 Å². The maximum absolute atomic E-state index is 5.66. The van der Waals surface area contributed by atoms with Crippen LogP contribution in [0.15, 0.2) is 18.2 Å². The quantitative estimate of drug-likeness (QED) is 0.888. The molecule has 1 aromatic rings. The SMILES string of the molecule is COc1ccc(CN2CCOC(CN)C2)c(OC)c1.Cl. The zero-order valence-electron chi connectivity index (χ0n) is 12.0. The number of morpholine rings is 1. The molecule has 0 aliphatic carbocycles. The smallest absolute Gasteiger partial charge is 0.127 e. The van der Waals surface area contributed by atoms with Crippen molar-refractivity contribution in [3.05, 3.63) is 23.8 Å². The molecule has 0 spiro atoms. The molecule has 0 radical (unpaired) electrons.